The quantitative estimate of drug-likeness (QED) is 0.902. The number of carboxylic acid groups (broad SMARTS) is 1. The lowest BCUT2D eigenvalue weighted by molar-refractivity contribution is -0.135. The van der Waals surface area contributed by atoms with Crippen molar-refractivity contribution in [2.75, 3.05) is 14.1 Å². The summed E-state index contributed by atoms with van der Waals surface area (Å²) in [7, 11) is 3.32. The first-order chi connectivity index (χ1) is 8.73. The summed E-state index contributed by atoms with van der Waals surface area (Å²) in [5.41, 5.74) is 1.63. The number of aromatic carboxylic acids is 1. The molecule has 0 aliphatic carbocycles. The lowest BCUT2D eigenvalue weighted by atomic mass is 10.1. The van der Waals surface area contributed by atoms with Gasteiger partial charge in [0, 0.05) is 14.1 Å². The highest BCUT2D eigenvalue weighted by Gasteiger charge is 2.19. The third kappa shape index (κ3) is 3.47. The van der Waals surface area contributed by atoms with E-state index in [9.17, 15) is 9.59 Å². The van der Waals surface area contributed by atoms with Crippen molar-refractivity contribution in [3.05, 3.63) is 28.8 Å². The molecule has 1 N–H and O–H groups in total. The number of hydrogen-bond donors (Lipinski definition) is 1. The molecule has 0 radical (unpaired) electrons. The number of nitrogens with zero attached hydrogens (tertiary/aromatic N) is 1. The van der Waals surface area contributed by atoms with Gasteiger partial charge in [0.2, 0.25) is 0 Å². The third-order valence-electron chi connectivity index (χ3n) is 2.79. The second kappa shape index (κ2) is 5.73. The molecule has 104 valence electrons. The number of ether oxygens (including phenoxy) is 1. The van der Waals surface area contributed by atoms with Crippen LogP contribution in [0.25, 0.3) is 0 Å². The molecule has 5 heteroatoms. The SMILES string of the molecule is Cc1cc(C(=O)O)cc(C)c1OC(C)C(=O)N(C)C. The predicted molar refractivity (Wildman–Crippen MR) is 71.7 cm³/mol. The topological polar surface area (TPSA) is 66.8 Å². The van der Waals surface area contributed by atoms with Gasteiger partial charge < -0.3 is 14.7 Å². The number of hydrogen-bond acceptors (Lipinski definition) is 3. The Morgan fingerprint density at radius 3 is 2.05 bits per heavy atom. The van der Waals surface area contributed by atoms with E-state index in [1.807, 2.05) is 0 Å². The van der Waals surface area contributed by atoms with Gasteiger partial charge in [-0.15, -0.1) is 0 Å². The van der Waals surface area contributed by atoms with Crippen molar-refractivity contribution in [2.45, 2.75) is 26.9 Å². The van der Waals surface area contributed by atoms with Gasteiger partial charge in [-0.2, -0.15) is 0 Å². The summed E-state index contributed by atoms with van der Waals surface area (Å²) in [6, 6.07) is 3.08. The number of rotatable bonds is 4. The average Bonchev–Trinajstić information content (AvgIpc) is 2.31. The second-order valence-corrected chi connectivity index (χ2v) is 4.74. The van der Waals surface area contributed by atoms with Crippen molar-refractivity contribution >= 4 is 11.9 Å². The van der Waals surface area contributed by atoms with E-state index in [0.717, 1.165) is 0 Å². The lowest BCUT2D eigenvalue weighted by Gasteiger charge is -2.21. The van der Waals surface area contributed by atoms with E-state index in [1.165, 1.54) is 17.0 Å². The summed E-state index contributed by atoms with van der Waals surface area (Å²) < 4.78 is 5.65. The number of amides is 1. The normalized spacial score (nSPS) is 11.8. The van der Waals surface area contributed by atoms with Crippen LogP contribution in [0.1, 0.15) is 28.4 Å². The molecule has 0 fully saturated rings. The van der Waals surface area contributed by atoms with Crippen molar-refractivity contribution in [1.82, 2.24) is 4.90 Å². The van der Waals surface area contributed by atoms with E-state index in [4.69, 9.17) is 9.84 Å². The molecule has 1 unspecified atom stereocenters. The maximum absolute atomic E-state index is 11.8. The van der Waals surface area contributed by atoms with E-state index >= 15 is 0 Å². The minimum absolute atomic E-state index is 0.138. The van der Waals surface area contributed by atoms with Crippen molar-refractivity contribution in [2.24, 2.45) is 0 Å². The summed E-state index contributed by atoms with van der Waals surface area (Å²) in [6.07, 6.45) is -0.608. The molecule has 0 saturated carbocycles. The van der Waals surface area contributed by atoms with Gasteiger partial charge in [0.1, 0.15) is 5.75 Å². The molecule has 5 nitrogen and oxygen atoms in total. The van der Waals surface area contributed by atoms with Crippen molar-refractivity contribution in [3.63, 3.8) is 0 Å². The van der Waals surface area contributed by atoms with E-state index in [0.29, 0.717) is 16.9 Å². The molecule has 0 bridgehead atoms. The molecule has 0 saturated heterocycles. The zero-order chi connectivity index (χ0) is 14.7. The Morgan fingerprint density at radius 1 is 1.21 bits per heavy atom. The largest absolute Gasteiger partial charge is 0.480 e. The van der Waals surface area contributed by atoms with Crippen LogP contribution in [-0.2, 0) is 4.79 Å². The van der Waals surface area contributed by atoms with Crippen LogP contribution in [0.3, 0.4) is 0 Å². The fraction of sp³-hybridized carbons (Fsp3) is 0.429. The number of carboxylic acids is 1. The number of carbonyl (C=O) groups is 2. The minimum atomic E-state index is -0.977. The molecule has 1 aromatic carbocycles. The van der Waals surface area contributed by atoms with Crippen molar-refractivity contribution in [1.29, 1.82) is 0 Å². The Hall–Kier alpha value is -2.04. The van der Waals surface area contributed by atoms with Crippen LogP contribution in [-0.4, -0.2) is 42.1 Å². The average molecular weight is 265 g/mol. The highest BCUT2D eigenvalue weighted by molar-refractivity contribution is 5.88. The maximum Gasteiger partial charge on any atom is 0.335 e. The van der Waals surface area contributed by atoms with E-state index in [2.05, 4.69) is 0 Å². The van der Waals surface area contributed by atoms with Gasteiger partial charge in [-0.3, -0.25) is 4.79 Å². The second-order valence-electron chi connectivity index (χ2n) is 4.74. The van der Waals surface area contributed by atoms with Crippen LogP contribution in [0.4, 0.5) is 0 Å². The molecular weight excluding hydrogens is 246 g/mol. The van der Waals surface area contributed by atoms with Gasteiger partial charge in [-0.1, -0.05) is 0 Å². The molecular formula is C14H19NO4. The molecule has 19 heavy (non-hydrogen) atoms. The summed E-state index contributed by atoms with van der Waals surface area (Å²) >= 11 is 0. The van der Waals surface area contributed by atoms with Crippen molar-refractivity contribution in [3.8, 4) is 5.75 Å². The first-order valence-electron chi connectivity index (χ1n) is 5.96. The van der Waals surface area contributed by atoms with Crippen LogP contribution in [0.5, 0.6) is 5.75 Å². The molecule has 1 aromatic rings. The Morgan fingerprint density at radius 2 is 1.68 bits per heavy atom. The van der Waals surface area contributed by atoms with Gasteiger partial charge in [0.15, 0.2) is 6.10 Å². The molecule has 1 atom stereocenters. The molecule has 0 aliphatic heterocycles. The fourth-order valence-corrected chi connectivity index (χ4v) is 1.85. The Kier molecular flexibility index (Phi) is 4.53. The third-order valence-corrected chi connectivity index (χ3v) is 2.79. The molecule has 1 rings (SSSR count). The van der Waals surface area contributed by atoms with E-state index in [-0.39, 0.29) is 11.5 Å². The highest BCUT2D eigenvalue weighted by atomic mass is 16.5. The summed E-state index contributed by atoms with van der Waals surface area (Å²) in [4.78, 5) is 24.1. The Labute approximate surface area is 112 Å². The van der Waals surface area contributed by atoms with Crippen LogP contribution < -0.4 is 4.74 Å². The number of aryl methyl sites for hydroxylation is 2. The molecule has 0 aliphatic rings. The summed E-state index contributed by atoms with van der Waals surface area (Å²) in [5, 5.41) is 8.97. The summed E-state index contributed by atoms with van der Waals surface area (Å²) in [6.45, 7) is 5.20. The number of carbonyl (C=O) groups excluding carboxylic acids is 1. The van der Waals surface area contributed by atoms with Crippen LogP contribution >= 0.6 is 0 Å². The van der Waals surface area contributed by atoms with E-state index in [1.54, 1.807) is 34.9 Å². The smallest absolute Gasteiger partial charge is 0.335 e. The zero-order valence-corrected chi connectivity index (χ0v) is 11.9. The predicted octanol–water partition coefficient (Wildman–Crippen LogP) is 1.86. The maximum atomic E-state index is 11.8. The van der Waals surface area contributed by atoms with Gasteiger partial charge in [-0.25, -0.2) is 4.79 Å². The Bertz CT molecular complexity index is 485. The first kappa shape index (κ1) is 15.0. The number of likely N-dealkylation sites (N-methyl/N-ethyl adjacent to an activating group) is 1. The van der Waals surface area contributed by atoms with Crippen LogP contribution in [0.2, 0.25) is 0 Å². The first-order valence-corrected chi connectivity index (χ1v) is 5.96. The van der Waals surface area contributed by atoms with Crippen LogP contribution in [0, 0.1) is 13.8 Å². The van der Waals surface area contributed by atoms with Crippen LogP contribution in [0.15, 0.2) is 12.1 Å². The monoisotopic (exact) mass is 265 g/mol. The Balaban J connectivity index is 3.03. The standard InChI is InChI=1S/C14H19NO4/c1-8-6-11(14(17)18)7-9(2)12(8)19-10(3)13(16)15(4)5/h6-7,10H,1-5H3,(H,17,18). The van der Waals surface area contributed by atoms with Gasteiger partial charge in [-0.05, 0) is 44.0 Å². The van der Waals surface area contributed by atoms with Gasteiger partial charge in [0.05, 0.1) is 5.56 Å². The van der Waals surface area contributed by atoms with Gasteiger partial charge >= 0.3 is 5.97 Å². The summed E-state index contributed by atoms with van der Waals surface area (Å²) in [5.74, 6) is -0.552. The highest BCUT2D eigenvalue weighted by Crippen LogP contribution is 2.26. The minimum Gasteiger partial charge on any atom is -0.480 e. The lowest BCUT2D eigenvalue weighted by Crippen LogP contribution is -2.35. The fourth-order valence-electron chi connectivity index (χ4n) is 1.85. The molecule has 0 aromatic heterocycles. The molecule has 1 amide bonds. The van der Waals surface area contributed by atoms with E-state index < -0.39 is 12.1 Å². The zero-order valence-electron chi connectivity index (χ0n) is 11.9. The molecule has 0 heterocycles. The number of benzene rings is 1. The molecule has 0 spiro atoms. The van der Waals surface area contributed by atoms with Crippen molar-refractivity contribution < 1.29 is 19.4 Å². The van der Waals surface area contributed by atoms with Gasteiger partial charge in [0.25, 0.3) is 5.91 Å².